The highest BCUT2D eigenvalue weighted by Gasteiger charge is 2.07. The van der Waals surface area contributed by atoms with Crippen LogP contribution in [-0.2, 0) is 0 Å². The third-order valence-electron chi connectivity index (χ3n) is 2.86. The molecule has 0 amide bonds. The summed E-state index contributed by atoms with van der Waals surface area (Å²) in [6.07, 6.45) is 13.9. The van der Waals surface area contributed by atoms with E-state index in [0.29, 0.717) is 0 Å². The molecule has 1 aromatic rings. The molecule has 0 aromatic heterocycles. The molecule has 0 radical (unpaired) electrons. The average molecular weight is 235 g/mol. The normalized spacial score (nSPS) is 18.7. The molecular weight excluding hydrogens is 218 g/mol. The molecule has 2 rings (SSSR count). The average Bonchev–Trinajstić information content (AvgIpc) is 2.93. The second-order valence-corrected chi connectivity index (χ2v) is 4.11. The topological polar surface area (TPSA) is 12.4 Å². The first kappa shape index (κ1) is 12.3. The van der Waals surface area contributed by atoms with Gasteiger partial charge in [-0.15, -0.1) is 0 Å². The molecule has 0 aliphatic carbocycles. The van der Waals surface area contributed by atoms with Crippen molar-refractivity contribution in [1.29, 1.82) is 0 Å². The molecule has 1 unspecified atom stereocenters. The monoisotopic (exact) mass is 235 g/mol. The van der Waals surface area contributed by atoms with Crippen molar-refractivity contribution in [3.05, 3.63) is 78.4 Å². The minimum atomic E-state index is 0.188. The van der Waals surface area contributed by atoms with Crippen LogP contribution < -0.4 is 0 Å². The lowest BCUT2D eigenvalue weighted by molar-refractivity contribution is 0.935. The fourth-order valence-electron chi connectivity index (χ4n) is 1.97. The predicted molar refractivity (Wildman–Crippen MR) is 79.8 cm³/mol. The van der Waals surface area contributed by atoms with Gasteiger partial charge >= 0.3 is 0 Å². The van der Waals surface area contributed by atoms with Gasteiger partial charge in [0, 0.05) is 6.21 Å². The molecule has 18 heavy (non-hydrogen) atoms. The Morgan fingerprint density at radius 3 is 2.61 bits per heavy atom. The fraction of sp³-hybridized carbons (Fsp3) is 0.118. The van der Waals surface area contributed by atoms with Crippen molar-refractivity contribution in [2.24, 2.45) is 4.99 Å². The summed E-state index contributed by atoms with van der Waals surface area (Å²) in [6.45, 7) is 5.77. The lowest BCUT2D eigenvalue weighted by Gasteiger charge is -2.07. The van der Waals surface area contributed by atoms with Crippen LogP contribution in [0, 0.1) is 0 Å². The van der Waals surface area contributed by atoms with Crippen molar-refractivity contribution in [2.75, 3.05) is 0 Å². The third kappa shape index (κ3) is 2.75. The zero-order valence-electron chi connectivity index (χ0n) is 10.6. The number of rotatable bonds is 4. The molecule has 1 atom stereocenters. The second kappa shape index (κ2) is 5.97. The minimum absolute atomic E-state index is 0.188. The van der Waals surface area contributed by atoms with E-state index in [1.54, 1.807) is 0 Å². The van der Waals surface area contributed by atoms with Gasteiger partial charge in [0.15, 0.2) is 0 Å². The van der Waals surface area contributed by atoms with E-state index >= 15 is 0 Å². The highest BCUT2D eigenvalue weighted by atomic mass is 14.8. The van der Waals surface area contributed by atoms with Gasteiger partial charge in [0.25, 0.3) is 0 Å². The van der Waals surface area contributed by atoms with Gasteiger partial charge in [0.05, 0.1) is 6.04 Å². The van der Waals surface area contributed by atoms with E-state index in [1.165, 1.54) is 16.7 Å². The highest BCUT2D eigenvalue weighted by Crippen LogP contribution is 2.24. The number of nitrogens with zero attached hydrogens (tertiary/aromatic N) is 1. The first-order chi connectivity index (χ1) is 8.85. The van der Waals surface area contributed by atoms with E-state index in [0.717, 1.165) is 0 Å². The van der Waals surface area contributed by atoms with Crippen LogP contribution in [0.5, 0.6) is 0 Å². The third-order valence-corrected chi connectivity index (χ3v) is 2.86. The van der Waals surface area contributed by atoms with Gasteiger partial charge in [0.1, 0.15) is 0 Å². The fourth-order valence-corrected chi connectivity index (χ4v) is 1.97. The summed E-state index contributed by atoms with van der Waals surface area (Å²) >= 11 is 0. The van der Waals surface area contributed by atoms with E-state index in [9.17, 15) is 0 Å². The van der Waals surface area contributed by atoms with Crippen molar-refractivity contribution in [1.82, 2.24) is 0 Å². The molecule has 90 valence electrons. The number of hydrogen-bond donors (Lipinski definition) is 0. The molecule has 0 spiro atoms. The molecule has 0 saturated heterocycles. The van der Waals surface area contributed by atoms with E-state index < -0.39 is 0 Å². The maximum atomic E-state index is 4.37. The molecule has 0 bridgehead atoms. The van der Waals surface area contributed by atoms with E-state index in [-0.39, 0.29) is 6.04 Å². The van der Waals surface area contributed by atoms with Gasteiger partial charge in [-0.3, -0.25) is 4.99 Å². The van der Waals surface area contributed by atoms with Crippen LogP contribution >= 0.6 is 0 Å². The quantitative estimate of drug-likeness (QED) is 0.681. The van der Waals surface area contributed by atoms with Gasteiger partial charge in [0.2, 0.25) is 0 Å². The molecule has 1 heteroatoms. The van der Waals surface area contributed by atoms with Crippen LogP contribution in [0.2, 0.25) is 0 Å². The Kier molecular flexibility index (Phi) is 4.08. The summed E-state index contributed by atoms with van der Waals surface area (Å²) < 4.78 is 0. The number of allylic oxidation sites excluding steroid dienone is 6. The molecule has 0 saturated carbocycles. The number of hydrogen-bond acceptors (Lipinski definition) is 1. The first-order valence-electron chi connectivity index (χ1n) is 6.11. The predicted octanol–water partition coefficient (Wildman–Crippen LogP) is 4.51. The molecule has 0 N–H and O–H groups in total. The highest BCUT2D eigenvalue weighted by molar-refractivity contribution is 5.76. The van der Waals surface area contributed by atoms with Crippen LogP contribution in [0.1, 0.15) is 24.1 Å². The Balaban J connectivity index is 2.26. The van der Waals surface area contributed by atoms with Gasteiger partial charge in [-0.1, -0.05) is 61.2 Å². The van der Waals surface area contributed by atoms with Crippen LogP contribution in [0.15, 0.2) is 72.3 Å². The van der Waals surface area contributed by atoms with Crippen molar-refractivity contribution >= 4 is 11.8 Å². The molecule has 1 heterocycles. The summed E-state index contributed by atoms with van der Waals surface area (Å²) in [7, 11) is 0. The zero-order valence-corrected chi connectivity index (χ0v) is 10.6. The summed E-state index contributed by atoms with van der Waals surface area (Å²) in [4.78, 5) is 4.37. The van der Waals surface area contributed by atoms with Gasteiger partial charge in [-0.25, -0.2) is 0 Å². The minimum Gasteiger partial charge on any atom is -0.281 e. The lowest BCUT2D eigenvalue weighted by Crippen LogP contribution is -1.89. The van der Waals surface area contributed by atoms with Gasteiger partial charge in [-0.05, 0) is 29.7 Å². The van der Waals surface area contributed by atoms with Crippen molar-refractivity contribution in [3.8, 4) is 0 Å². The van der Waals surface area contributed by atoms with E-state index in [1.807, 2.05) is 37.4 Å². The molecule has 0 fully saturated rings. The Morgan fingerprint density at radius 2 is 2.06 bits per heavy atom. The summed E-state index contributed by atoms with van der Waals surface area (Å²) in [6, 6.07) is 8.71. The van der Waals surface area contributed by atoms with Crippen molar-refractivity contribution < 1.29 is 0 Å². The lowest BCUT2D eigenvalue weighted by atomic mass is 10.0. The largest absolute Gasteiger partial charge is 0.281 e. The van der Waals surface area contributed by atoms with Gasteiger partial charge < -0.3 is 0 Å². The summed E-state index contributed by atoms with van der Waals surface area (Å²) in [5, 5.41) is 0. The Bertz CT molecular complexity index is 515. The summed E-state index contributed by atoms with van der Waals surface area (Å²) in [5.74, 6) is 0. The number of benzene rings is 1. The summed E-state index contributed by atoms with van der Waals surface area (Å²) in [5.41, 5.74) is 3.59. The standard InChI is InChI=1S/C17H17N/c1-3-6-14(7-4-2)15-9-11-16(12-10-15)17-8-5-13-18-17/h3-13,17H,1H2,2H3/b7-4-,14-6+. The van der Waals surface area contributed by atoms with Crippen LogP contribution in [0.3, 0.4) is 0 Å². The van der Waals surface area contributed by atoms with E-state index in [2.05, 4.69) is 48.0 Å². The Hall–Kier alpha value is -2.15. The second-order valence-electron chi connectivity index (χ2n) is 4.11. The molecule has 1 aliphatic rings. The SMILES string of the molecule is C=C/C=C(\C=C/C)c1ccc(C2C=CC=N2)cc1. The van der Waals surface area contributed by atoms with Crippen molar-refractivity contribution in [2.45, 2.75) is 13.0 Å². The Morgan fingerprint density at radius 1 is 1.28 bits per heavy atom. The maximum Gasteiger partial charge on any atom is 0.0933 e. The van der Waals surface area contributed by atoms with Crippen LogP contribution in [0.4, 0.5) is 0 Å². The van der Waals surface area contributed by atoms with E-state index in [4.69, 9.17) is 0 Å². The van der Waals surface area contributed by atoms with Crippen molar-refractivity contribution in [3.63, 3.8) is 0 Å². The molecule has 1 aliphatic heterocycles. The zero-order chi connectivity index (χ0) is 12.8. The van der Waals surface area contributed by atoms with Crippen LogP contribution in [-0.4, -0.2) is 6.21 Å². The molecule has 1 aromatic carbocycles. The van der Waals surface area contributed by atoms with Crippen LogP contribution in [0.25, 0.3) is 5.57 Å². The number of aliphatic imine (C=N–C) groups is 1. The molecule has 1 nitrogen and oxygen atoms in total. The maximum absolute atomic E-state index is 4.37. The first-order valence-corrected chi connectivity index (χ1v) is 6.11. The Labute approximate surface area is 109 Å². The smallest absolute Gasteiger partial charge is 0.0933 e. The van der Waals surface area contributed by atoms with Gasteiger partial charge in [-0.2, -0.15) is 0 Å². The molecular formula is C17H17N.